The van der Waals surface area contributed by atoms with Gasteiger partial charge in [0.1, 0.15) is 24.2 Å². The number of nitrogens with zero attached hydrogens (tertiary/aromatic N) is 2. The summed E-state index contributed by atoms with van der Waals surface area (Å²) in [6.45, 7) is 7.28. The summed E-state index contributed by atoms with van der Waals surface area (Å²) in [5.41, 5.74) is 2.21. The van der Waals surface area contributed by atoms with Crippen molar-refractivity contribution in [2.45, 2.75) is 58.0 Å². The predicted octanol–water partition coefficient (Wildman–Crippen LogP) is 3.67. The lowest BCUT2D eigenvalue weighted by atomic mass is 9.73. The van der Waals surface area contributed by atoms with Gasteiger partial charge in [-0.25, -0.2) is 4.39 Å². The van der Waals surface area contributed by atoms with Gasteiger partial charge in [0.15, 0.2) is 0 Å². The number of ether oxygens (including phenoxy) is 2. The molecule has 5 rings (SSSR count). The number of likely N-dealkylation sites (tertiary alicyclic amines) is 1. The molecule has 1 spiro atoms. The highest BCUT2D eigenvalue weighted by Crippen LogP contribution is 2.38. The highest BCUT2D eigenvalue weighted by molar-refractivity contribution is 5.90. The van der Waals surface area contributed by atoms with Gasteiger partial charge in [-0.2, -0.15) is 0 Å². The van der Waals surface area contributed by atoms with Crippen LogP contribution in [0.15, 0.2) is 42.5 Å². The molecule has 3 aliphatic rings. The minimum atomic E-state index is -0.622. The van der Waals surface area contributed by atoms with Crippen LogP contribution in [0.3, 0.4) is 0 Å². The van der Waals surface area contributed by atoms with Crippen molar-refractivity contribution in [3.05, 3.63) is 59.4 Å². The normalized spacial score (nSPS) is 23.0. The molecule has 1 atom stereocenters. The van der Waals surface area contributed by atoms with Gasteiger partial charge >= 0.3 is 0 Å². The standard InChI is InChI=1S/C32H43FN4O4/c1-24-30(38)34-14-19-41-29-8-3-2-6-26(29)7-4-5-11-32(31(39)35-24)12-15-36(16-13-32)23-25-9-10-28(27(33)22-25)37-17-20-40-21-18-37/h2-3,6,8-10,22,24H,4-5,7,11-21,23H2,1H3,(H,34,38)(H,35,39)/t24-/m0/s1. The molecule has 41 heavy (non-hydrogen) atoms. The molecule has 0 bridgehead atoms. The minimum Gasteiger partial charge on any atom is -0.491 e. The molecule has 2 N–H and O–H groups in total. The van der Waals surface area contributed by atoms with E-state index in [4.69, 9.17) is 9.47 Å². The summed E-state index contributed by atoms with van der Waals surface area (Å²) in [7, 11) is 0. The van der Waals surface area contributed by atoms with E-state index in [-0.39, 0.29) is 17.6 Å². The van der Waals surface area contributed by atoms with Crippen LogP contribution in [-0.2, 0) is 27.3 Å². The van der Waals surface area contributed by atoms with Crippen molar-refractivity contribution in [3.63, 3.8) is 0 Å². The molecule has 9 heteroatoms. The van der Waals surface area contributed by atoms with Crippen LogP contribution >= 0.6 is 0 Å². The molecule has 0 saturated carbocycles. The second-order valence-corrected chi connectivity index (χ2v) is 11.6. The number of hydrogen-bond acceptors (Lipinski definition) is 6. The summed E-state index contributed by atoms with van der Waals surface area (Å²) in [6, 6.07) is 13.0. The third-order valence-electron chi connectivity index (χ3n) is 8.79. The van der Waals surface area contributed by atoms with Crippen molar-refractivity contribution in [1.29, 1.82) is 0 Å². The maximum Gasteiger partial charge on any atom is 0.242 e. The summed E-state index contributed by atoms with van der Waals surface area (Å²) < 4.78 is 26.3. The lowest BCUT2D eigenvalue weighted by molar-refractivity contribution is -0.138. The number of piperidine rings is 1. The first-order valence-corrected chi connectivity index (χ1v) is 15.1. The van der Waals surface area contributed by atoms with E-state index in [1.165, 1.54) is 0 Å². The topological polar surface area (TPSA) is 83.1 Å². The number of para-hydroxylation sites is 1. The number of morpholine rings is 1. The van der Waals surface area contributed by atoms with E-state index in [1.54, 1.807) is 13.0 Å². The largest absolute Gasteiger partial charge is 0.491 e. The fraction of sp³-hybridized carbons (Fsp3) is 0.562. The smallest absolute Gasteiger partial charge is 0.242 e. The predicted molar refractivity (Wildman–Crippen MR) is 156 cm³/mol. The quantitative estimate of drug-likeness (QED) is 0.590. The molecule has 3 heterocycles. The van der Waals surface area contributed by atoms with Crippen LogP contribution in [0.4, 0.5) is 10.1 Å². The van der Waals surface area contributed by atoms with Crippen molar-refractivity contribution in [1.82, 2.24) is 15.5 Å². The van der Waals surface area contributed by atoms with Crippen LogP contribution in [0.5, 0.6) is 5.75 Å². The molecule has 0 unspecified atom stereocenters. The number of benzene rings is 2. The number of aryl methyl sites for hydroxylation is 1. The molecule has 8 nitrogen and oxygen atoms in total. The molecule has 2 amide bonds. The molecule has 2 aromatic carbocycles. The Morgan fingerprint density at radius 3 is 2.54 bits per heavy atom. The van der Waals surface area contributed by atoms with E-state index >= 15 is 0 Å². The SMILES string of the molecule is C[C@@H]1NC(=O)C2(CCCCc3ccccc3OCCNC1=O)CCN(Cc1ccc(N3CCOCC3)c(F)c1)CC2. The third-order valence-corrected chi connectivity index (χ3v) is 8.79. The maximum atomic E-state index is 15.0. The molecular formula is C32H43FN4O4. The van der Waals surface area contributed by atoms with Crippen LogP contribution in [-0.4, -0.2) is 75.3 Å². The van der Waals surface area contributed by atoms with Crippen LogP contribution in [0.25, 0.3) is 0 Å². The fourth-order valence-electron chi connectivity index (χ4n) is 6.23. The number of amides is 2. The van der Waals surface area contributed by atoms with Crippen LogP contribution in [0.2, 0.25) is 0 Å². The minimum absolute atomic E-state index is 0.0350. The van der Waals surface area contributed by atoms with E-state index in [0.29, 0.717) is 64.5 Å². The fourth-order valence-corrected chi connectivity index (χ4v) is 6.23. The van der Waals surface area contributed by atoms with Gasteiger partial charge in [0.2, 0.25) is 11.8 Å². The monoisotopic (exact) mass is 566 g/mol. The van der Waals surface area contributed by atoms with Gasteiger partial charge in [0.25, 0.3) is 0 Å². The van der Waals surface area contributed by atoms with Gasteiger partial charge in [-0.3, -0.25) is 14.5 Å². The average Bonchev–Trinajstić information content (AvgIpc) is 2.99. The number of hydrogen-bond donors (Lipinski definition) is 2. The average molecular weight is 567 g/mol. The van der Waals surface area contributed by atoms with E-state index in [9.17, 15) is 14.0 Å². The first-order chi connectivity index (χ1) is 19.9. The van der Waals surface area contributed by atoms with Gasteiger partial charge in [-0.1, -0.05) is 30.7 Å². The number of carbonyl (C=O) groups is 2. The zero-order valence-electron chi connectivity index (χ0n) is 24.1. The molecule has 2 aromatic rings. The van der Waals surface area contributed by atoms with Gasteiger partial charge < -0.3 is 25.0 Å². The molecule has 3 aliphatic heterocycles. The van der Waals surface area contributed by atoms with Crippen molar-refractivity contribution in [3.8, 4) is 5.75 Å². The number of nitrogens with one attached hydrogen (secondary N) is 2. The van der Waals surface area contributed by atoms with E-state index in [0.717, 1.165) is 55.6 Å². The Labute approximate surface area is 242 Å². The molecule has 2 fully saturated rings. The number of anilines is 1. The zero-order chi connectivity index (χ0) is 28.7. The third kappa shape index (κ3) is 7.38. The Kier molecular flexibility index (Phi) is 9.77. The van der Waals surface area contributed by atoms with Crippen molar-refractivity contribution < 1.29 is 23.5 Å². The summed E-state index contributed by atoms with van der Waals surface area (Å²) in [5, 5.41) is 5.89. The summed E-state index contributed by atoms with van der Waals surface area (Å²) in [5.74, 6) is 0.419. The van der Waals surface area contributed by atoms with Gasteiger partial charge in [0, 0.05) is 19.6 Å². The zero-order valence-corrected chi connectivity index (χ0v) is 24.1. The second kappa shape index (κ2) is 13.7. The van der Waals surface area contributed by atoms with Crippen LogP contribution < -0.4 is 20.3 Å². The number of carbonyl (C=O) groups excluding carboxylic acids is 2. The van der Waals surface area contributed by atoms with Crippen LogP contribution in [0.1, 0.15) is 50.2 Å². The number of rotatable bonds is 3. The van der Waals surface area contributed by atoms with Crippen molar-refractivity contribution in [2.75, 3.05) is 57.4 Å². The summed E-state index contributed by atoms with van der Waals surface area (Å²) in [4.78, 5) is 30.7. The van der Waals surface area contributed by atoms with E-state index in [2.05, 4.69) is 21.6 Å². The molecule has 0 aromatic heterocycles. The van der Waals surface area contributed by atoms with E-state index < -0.39 is 11.5 Å². The Bertz CT molecular complexity index is 1190. The molecule has 0 radical (unpaired) electrons. The second-order valence-electron chi connectivity index (χ2n) is 11.6. The lowest BCUT2D eigenvalue weighted by Gasteiger charge is -2.41. The van der Waals surface area contributed by atoms with Gasteiger partial charge in [-0.05, 0) is 81.4 Å². The number of fused-ring (bicyclic) bond motifs is 1. The highest BCUT2D eigenvalue weighted by Gasteiger charge is 2.41. The Balaban J connectivity index is 1.23. The van der Waals surface area contributed by atoms with Crippen molar-refractivity contribution >= 4 is 17.5 Å². The Morgan fingerprint density at radius 1 is 0.976 bits per heavy atom. The lowest BCUT2D eigenvalue weighted by Crippen LogP contribution is -2.53. The highest BCUT2D eigenvalue weighted by atomic mass is 19.1. The molecular weight excluding hydrogens is 523 g/mol. The Morgan fingerprint density at radius 2 is 1.76 bits per heavy atom. The Hall–Kier alpha value is -3.17. The first kappa shape index (κ1) is 29.3. The summed E-state index contributed by atoms with van der Waals surface area (Å²) >= 11 is 0. The van der Waals surface area contributed by atoms with Gasteiger partial charge in [0.05, 0.1) is 30.9 Å². The maximum absolute atomic E-state index is 15.0. The first-order valence-electron chi connectivity index (χ1n) is 15.1. The van der Waals surface area contributed by atoms with E-state index in [1.807, 2.05) is 35.2 Å². The number of halogens is 1. The molecule has 2 saturated heterocycles. The van der Waals surface area contributed by atoms with Crippen molar-refractivity contribution in [2.24, 2.45) is 5.41 Å². The van der Waals surface area contributed by atoms with Crippen LogP contribution in [0, 0.1) is 11.2 Å². The summed E-state index contributed by atoms with van der Waals surface area (Å²) in [6.07, 6.45) is 4.95. The molecule has 222 valence electrons. The molecule has 0 aliphatic carbocycles. The van der Waals surface area contributed by atoms with Gasteiger partial charge in [-0.15, -0.1) is 0 Å².